The van der Waals surface area contributed by atoms with Crippen molar-refractivity contribution in [3.63, 3.8) is 0 Å². The summed E-state index contributed by atoms with van der Waals surface area (Å²) in [5, 5.41) is 13.3. The van der Waals surface area contributed by atoms with Gasteiger partial charge in [0.15, 0.2) is 5.78 Å². The van der Waals surface area contributed by atoms with Gasteiger partial charge in [-0.2, -0.15) is 5.26 Å². The van der Waals surface area contributed by atoms with Crippen LogP contribution < -0.4 is 11.1 Å². The number of nitrogens with zero attached hydrogens (tertiary/aromatic N) is 1. The highest BCUT2D eigenvalue weighted by molar-refractivity contribution is 7.19. The third-order valence-corrected chi connectivity index (χ3v) is 4.63. The lowest BCUT2D eigenvalue weighted by molar-refractivity contribution is 0.102. The molecule has 0 aliphatic heterocycles. The van der Waals surface area contributed by atoms with Gasteiger partial charge in [-0.05, 0) is 32.6 Å². The predicted octanol–water partition coefficient (Wildman–Crippen LogP) is 3.01. The van der Waals surface area contributed by atoms with E-state index < -0.39 is 0 Å². The zero-order chi connectivity index (χ0) is 13.5. The van der Waals surface area contributed by atoms with Crippen molar-refractivity contribution < 1.29 is 4.79 Å². The van der Waals surface area contributed by atoms with E-state index in [1.807, 2.05) is 0 Å². The van der Waals surface area contributed by atoms with Crippen LogP contribution >= 0.6 is 11.3 Å². The molecule has 1 aliphatic rings. The summed E-state index contributed by atoms with van der Waals surface area (Å²) >= 11 is 1.28. The van der Waals surface area contributed by atoms with Gasteiger partial charge in [0.25, 0.3) is 0 Å². The standard InChI is InChI=1S/C13H17N3OS/c1-7(17)11-10(15)9(6-14)12(18-11)16-13(2,3)8-4-5-8/h8,16H,4-5,15H2,1-3H3. The van der Waals surface area contributed by atoms with Crippen molar-refractivity contribution in [2.24, 2.45) is 5.92 Å². The number of carbonyl (C=O) groups is 1. The predicted molar refractivity (Wildman–Crippen MR) is 73.9 cm³/mol. The molecule has 1 fully saturated rings. The zero-order valence-electron chi connectivity index (χ0n) is 10.8. The molecule has 1 aliphatic carbocycles. The number of thiophene rings is 1. The summed E-state index contributed by atoms with van der Waals surface area (Å²) in [5.74, 6) is 0.541. The van der Waals surface area contributed by atoms with Crippen LogP contribution in [0.1, 0.15) is 48.8 Å². The zero-order valence-corrected chi connectivity index (χ0v) is 11.6. The number of nitrogen functional groups attached to an aromatic ring is 1. The Balaban J connectivity index is 2.36. The molecule has 0 aromatic carbocycles. The first-order chi connectivity index (χ1) is 8.36. The van der Waals surface area contributed by atoms with Crippen molar-refractivity contribution in [3.8, 4) is 6.07 Å². The molecule has 0 atom stereocenters. The van der Waals surface area contributed by atoms with Crippen molar-refractivity contribution in [2.45, 2.75) is 39.2 Å². The Morgan fingerprint density at radius 1 is 1.56 bits per heavy atom. The van der Waals surface area contributed by atoms with E-state index in [2.05, 4.69) is 25.2 Å². The molecular formula is C13H17N3OS. The molecule has 4 nitrogen and oxygen atoms in total. The van der Waals surface area contributed by atoms with Crippen LogP contribution in [0.15, 0.2) is 0 Å². The quantitative estimate of drug-likeness (QED) is 0.818. The Hall–Kier alpha value is -1.54. The highest BCUT2D eigenvalue weighted by Crippen LogP contribution is 2.44. The minimum Gasteiger partial charge on any atom is -0.396 e. The molecule has 1 saturated carbocycles. The minimum atomic E-state index is -0.0914. The monoisotopic (exact) mass is 263 g/mol. The Morgan fingerprint density at radius 3 is 2.61 bits per heavy atom. The Bertz CT molecular complexity index is 535. The fourth-order valence-corrected chi connectivity index (χ4v) is 3.24. The topological polar surface area (TPSA) is 78.9 Å². The van der Waals surface area contributed by atoms with Crippen molar-refractivity contribution in [1.29, 1.82) is 5.26 Å². The van der Waals surface area contributed by atoms with E-state index in [1.165, 1.54) is 31.1 Å². The van der Waals surface area contributed by atoms with Crippen LogP contribution in [0.25, 0.3) is 0 Å². The number of nitriles is 1. The molecule has 0 saturated heterocycles. The van der Waals surface area contributed by atoms with Gasteiger partial charge in [0, 0.05) is 12.5 Å². The van der Waals surface area contributed by atoms with Crippen LogP contribution in [0.2, 0.25) is 0 Å². The summed E-state index contributed by atoms with van der Waals surface area (Å²) in [4.78, 5) is 11.9. The van der Waals surface area contributed by atoms with Gasteiger partial charge in [-0.15, -0.1) is 11.3 Å². The summed E-state index contributed by atoms with van der Waals surface area (Å²) in [7, 11) is 0. The molecule has 0 amide bonds. The SMILES string of the molecule is CC(=O)c1sc(NC(C)(C)C2CC2)c(C#N)c1N. The largest absolute Gasteiger partial charge is 0.396 e. The number of nitrogens with one attached hydrogen (secondary N) is 1. The molecule has 0 spiro atoms. The van der Waals surface area contributed by atoms with Crippen molar-refractivity contribution in [1.82, 2.24) is 0 Å². The number of rotatable bonds is 4. The number of nitrogens with two attached hydrogens (primary N) is 1. The Labute approximate surface area is 111 Å². The van der Waals surface area contributed by atoms with Gasteiger partial charge < -0.3 is 11.1 Å². The third-order valence-electron chi connectivity index (χ3n) is 3.41. The van der Waals surface area contributed by atoms with E-state index >= 15 is 0 Å². The molecule has 0 unspecified atom stereocenters. The van der Waals surface area contributed by atoms with Gasteiger partial charge in [-0.3, -0.25) is 4.79 Å². The highest BCUT2D eigenvalue weighted by atomic mass is 32.1. The third kappa shape index (κ3) is 2.21. The van der Waals surface area contributed by atoms with Gasteiger partial charge >= 0.3 is 0 Å². The van der Waals surface area contributed by atoms with Crippen LogP contribution in [-0.2, 0) is 0 Å². The van der Waals surface area contributed by atoms with Gasteiger partial charge in [0.2, 0.25) is 0 Å². The number of carbonyl (C=O) groups excluding carboxylic acids is 1. The normalized spacial score (nSPS) is 15.2. The first-order valence-electron chi connectivity index (χ1n) is 5.98. The fraction of sp³-hybridized carbons (Fsp3) is 0.538. The fourth-order valence-electron chi connectivity index (χ4n) is 2.10. The van der Waals surface area contributed by atoms with Crippen LogP contribution in [-0.4, -0.2) is 11.3 Å². The second-order valence-corrected chi connectivity index (χ2v) is 6.36. The molecule has 1 aromatic heterocycles. The summed E-state index contributed by atoms with van der Waals surface area (Å²) in [6.07, 6.45) is 2.42. The smallest absolute Gasteiger partial charge is 0.171 e. The summed E-state index contributed by atoms with van der Waals surface area (Å²) in [6, 6.07) is 2.09. The van der Waals surface area contributed by atoms with E-state index in [4.69, 9.17) is 5.73 Å². The maximum absolute atomic E-state index is 11.5. The lowest BCUT2D eigenvalue weighted by atomic mass is 9.99. The number of hydrogen-bond acceptors (Lipinski definition) is 5. The van der Waals surface area contributed by atoms with E-state index in [0.29, 0.717) is 22.0 Å². The highest BCUT2D eigenvalue weighted by Gasteiger charge is 2.38. The molecule has 0 radical (unpaired) electrons. The van der Waals surface area contributed by atoms with Crippen LogP contribution in [0.4, 0.5) is 10.7 Å². The van der Waals surface area contributed by atoms with Crippen molar-refractivity contribution in [3.05, 3.63) is 10.4 Å². The minimum absolute atomic E-state index is 0.0586. The summed E-state index contributed by atoms with van der Waals surface area (Å²) in [5.41, 5.74) is 6.51. The summed E-state index contributed by atoms with van der Waals surface area (Å²) < 4.78 is 0. The molecule has 1 aromatic rings. The molecular weight excluding hydrogens is 246 g/mol. The average molecular weight is 263 g/mol. The molecule has 1 heterocycles. The maximum Gasteiger partial charge on any atom is 0.171 e. The van der Waals surface area contributed by atoms with E-state index in [-0.39, 0.29) is 11.3 Å². The number of anilines is 2. The van der Waals surface area contributed by atoms with Crippen LogP contribution in [0.3, 0.4) is 0 Å². The van der Waals surface area contributed by atoms with Crippen LogP contribution in [0, 0.1) is 17.2 Å². The average Bonchev–Trinajstić information content (AvgIpc) is 3.05. The van der Waals surface area contributed by atoms with Gasteiger partial charge in [0.05, 0.1) is 10.6 Å². The Morgan fingerprint density at radius 2 is 2.17 bits per heavy atom. The molecule has 3 N–H and O–H groups in total. The van der Waals surface area contributed by atoms with Gasteiger partial charge in [0.1, 0.15) is 16.6 Å². The van der Waals surface area contributed by atoms with E-state index in [0.717, 1.165) is 5.00 Å². The van der Waals surface area contributed by atoms with Gasteiger partial charge in [-0.25, -0.2) is 0 Å². The number of ketones is 1. The van der Waals surface area contributed by atoms with Crippen LogP contribution in [0.5, 0.6) is 0 Å². The maximum atomic E-state index is 11.5. The molecule has 2 rings (SSSR count). The second-order valence-electron chi connectivity index (χ2n) is 5.34. The lowest BCUT2D eigenvalue weighted by Crippen LogP contribution is -2.33. The second kappa shape index (κ2) is 4.29. The summed E-state index contributed by atoms with van der Waals surface area (Å²) in [6.45, 7) is 5.71. The van der Waals surface area contributed by atoms with Gasteiger partial charge in [-0.1, -0.05) is 0 Å². The molecule has 96 valence electrons. The van der Waals surface area contributed by atoms with Crippen molar-refractivity contribution in [2.75, 3.05) is 11.1 Å². The lowest BCUT2D eigenvalue weighted by Gasteiger charge is -2.26. The Kier molecular flexibility index (Phi) is 3.07. The first-order valence-corrected chi connectivity index (χ1v) is 6.80. The van der Waals surface area contributed by atoms with E-state index in [9.17, 15) is 10.1 Å². The van der Waals surface area contributed by atoms with Crippen molar-refractivity contribution >= 4 is 27.8 Å². The molecule has 5 heteroatoms. The van der Waals surface area contributed by atoms with E-state index in [1.54, 1.807) is 0 Å². The number of hydrogen-bond donors (Lipinski definition) is 2. The molecule has 0 bridgehead atoms. The molecule has 18 heavy (non-hydrogen) atoms. The number of Topliss-reactive ketones (excluding diaryl/α,β-unsaturated/α-hetero) is 1. The first kappa shape index (κ1) is 12.9.